The normalized spacial score (nSPS) is 12.1. The molecule has 0 saturated heterocycles. The molecule has 0 radical (unpaired) electrons. The fraction of sp³-hybridized carbons (Fsp3) is 0.625. The Morgan fingerprint density at radius 3 is 2.12 bits per heavy atom. The lowest BCUT2D eigenvalue weighted by Gasteiger charge is -2.33. The molecule has 0 fully saturated rings. The molecular weight excluding hydrogens is 206 g/mol. The van der Waals surface area contributed by atoms with Crippen molar-refractivity contribution in [2.75, 3.05) is 6.54 Å². The van der Waals surface area contributed by atoms with E-state index in [0.717, 1.165) is 6.54 Å². The highest BCUT2D eigenvalue weighted by Gasteiger charge is 2.26. The van der Waals surface area contributed by atoms with Crippen molar-refractivity contribution in [1.82, 2.24) is 5.32 Å². The van der Waals surface area contributed by atoms with Crippen molar-refractivity contribution in [3.63, 3.8) is 0 Å². The fourth-order valence-corrected chi connectivity index (χ4v) is 2.26. The monoisotopic (exact) mass is 233 g/mol. The standard InChI is InChI=1S/C16H27N/c1-5-16(6-2,13-17-14(3)4)12-15-10-8-7-9-11-15/h7-11,14,17H,5-6,12-13H2,1-4H3. The molecule has 0 aliphatic carbocycles. The largest absolute Gasteiger partial charge is 0.314 e. The van der Waals surface area contributed by atoms with Crippen LogP contribution in [0.2, 0.25) is 0 Å². The predicted octanol–water partition coefficient (Wildman–Crippen LogP) is 4.03. The Labute approximate surface area is 107 Å². The highest BCUT2D eigenvalue weighted by atomic mass is 14.9. The minimum atomic E-state index is 0.408. The third-order valence-corrected chi connectivity index (χ3v) is 3.81. The molecule has 0 heterocycles. The molecule has 0 aliphatic rings. The van der Waals surface area contributed by atoms with Crippen LogP contribution in [-0.2, 0) is 6.42 Å². The van der Waals surface area contributed by atoms with E-state index in [1.54, 1.807) is 0 Å². The lowest BCUT2D eigenvalue weighted by Crippen LogP contribution is -2.38. The van der Waals surface area contributed by atoms with Crippen LogP contribution in [-0.4, -0.2) is 12.6 Å². The SMILES string of the molecule is CCC(CC)(CNC(C)C)Cc1ccccc1. The van der Waals surface area contributed by atoms with Crippen molar-refractivity contribution < 1.29 is 0 Å². The quantitative estimate of drug-likeness (QED) is 0.749. The van der Waals surface area contributed by atoms with Crippen LogP contribution in [0.25, 0.3) is 0 Å². The summed E-state index contributed by atoms with van der Waals surface area (Å²) in [6, 6.07) is 11.4. The van der Waals surface area contributed by atoms with Crippen LogP contribution in [0.5, 0.6) is 0 Å². The van der Waals surface area contributed by atoms with Gasteiger partial charge in [-0.05, 0) is 30.2 Å². The lowest BCUT2D eigenvalue weighted by atomic mass is 9.76. The van der Waals surface area contributed by atoms with Gasteiger partial charge in [-0.1, -0.05) is 58.0 Å². The van der Waals surface area contributed by atoms with Crippen molar-refractivity contribution >= 4 is 0 Å². The van der Waals surface area contributed by atoms with Gasteiger partial charge in [0.1, 0.15) is 0 Å². The van der Waals surface area contributed by atoms with E-state index in [4.69, 9.17) is 0 Å². The Bertz CT molecular complexity index is 299. The topological polar surface area (TPSA) is 12.0 Å². The zero-order valence-electron chi connectivity index (χ0n) is 11.8. The van der Waals surface area contributed by atoms with Gasteiger partial charge >= 0.3 is 0 Å². The average molecular weight is 233 g/mol. The third-order valence-electron chi connectivity index (χ3n) is 3.81. The van der Waals surface area contributed by atoms with E-state index in [1.807, 2.05) is 0 Å². The highest BCUT2D eigenvalue weighted by Crippen LogP contribution is 2.30. The van der Waals surface area contributed by atoms with Crippen molar-refractivity contribution in [2.45, 2.75) is 53.0 Å². The van der Waals surface area contributed by atoms with Gasteiger partial charge in [-0.2, -0.15) is 0 Å². The van der Waals surface area contributed by atoms with Gasteiger partial charge in [0.25, 0.3) is 0 Å². The lowest BCUT2D eigenvalue weighted by molar-refractivity contribution is 0.239. The van der Waals surface area contributed by atoms with E-state index in [1.165, 1.54) is 24.8 Å². The maximum absolute atomic E-state index is 3.61. The van der Waals surface area contributed by atoms with Gasteiger partial charge in [0.15, 0.2) is 0 Å². The second kappa shape index (κ2) is 6.80. The fourth-order valence-electron chi connectivity index (χ4n) is 2.26. The molecule has 1 nitrogen and oxygen atoms in total. The van der Waals surface area contributed by atoms with Crippen LogP contribution in [0.3, 0.4) is 0 Å². The average Bonchev–Trinajstić information content (AvgIpc) is 2.36. The molecule has 17 heavy (non-hydrogen) atoms. The molecule has 96 valence electrons. The predicted molar refractivity (Wildman–Crippen MR) is 76.3 cm³/mol. The summed E-state index contributed by atoms with van der Waals surface area (Å²) in [5, 5.41) is 3.61. The molecule has 1 rings (SSSR count). The van der Waals surface area contributed by atoms with Crippen LogP contribution >= 0.6 is 0 Å². The molecular formula is C16H27N. The van der Waals surface area contributed by atoms with Crippen LogP contribution in [0.4, 0.5) is 0 Å². The highest BCUT2D eigenvalue weighted by molar-refractivity contribution is 5.16. The summed E-state index contributed by atoms with van der Waals surface area (Å²) in [6.45, 7) is 10.2. The molecule has 0 aliphatic heterocycles. The molecule has 0 unspecified atom stereocenters. The first-order valence-electron chi connectivity index (χ1n) is 6.89. The molecule has 0 atom stereocenters. The first-order valence-corrected chi connectivity index (χ1v) is 6.89. The second-order valence-corrected chi connectivity index (χ2v) is 5.41. The van der Waals surface area contributed by atoms with Crippen molar-refractivity contribution in [3.05, 3.63) is 35.9 Å². The molecule has 1 aromatic rings. The minimum absolute atomic E-state index is 0.408. The smallest absolute Gasteiger partial charge is 0.00132 e. The molecule has 1 aromatic carbocycles. The van der Waals surface area contributed by atoms with Crippen LogP contribution in [0.1, 0.15) is 46.1 Å². The van der Waals surface area contributed by atoms with E-state index in [9.17, 15) is 0 Å². The van der Waals surface area contributed by atoms with E-state index >= 15 is 0 Å². The van der Waals surface area contributed by atoms with Gasteiger partial charge in [-0.15, -0.1) is 0 Å². The molecule has 0 amide bonds. The van der Waals surface area contributed by atoms with Gasteiger partial charge in [0.2, 0.25) is 0 Å². The van der Waals surface area contributed by atoms with Gasteiger partial charge in [0, 0.05) is 12.6 Å². The Morgan fingerprint density at radius 2 is 1.65 bits per heavy atom. The molecule has 0 aromatic heterocycles. The third kappa shape index (κ3) is 4.51. The van der Waals surface area contributed by atoms with Gasteiger partial charge in [-0.3, -0.25) is 0 Å². The van der Waals surface area contributed by atoms with E-state index in [0.29, 0.717) is 11.5 Å². The summed E-state index contributed by atoms with van der Waals surface area (Å²) in [7, 11) is 0. The summed E-state index contributed by atoms with van der Waals surface area (Å²) in [5.41, 5.74) is 1.87. The number of nitrogens with one attached hydrogen (secondary N) is 1. The van der Waals surface area contributed by atoms with Crippen molar-refractivity contribution in [2.24, 2.45) is 5.41 Å². The van der Waals surface area contributed by atoms with Crippen molar-refractivity contribution in [1.29, 1.82) is 0 Å². The zero-order valence-corrected chi connectivity index (χ0v) is 11.8. The molecule has 0 saturated carbocycles. The van der Waals surface area contributed by atoms with Gasteiger partial charge in [-0.25, -0.2) is 0 Å². The Balaban J connectivity index is 2.70. The molecule has 0 bridgehead atoms. The van der Waals surface area contributed by atoms with Gasteiger partial charge < -0.3 is 5.32 Å². The van der Waals surface area contributed by atoms with Crippen molar-refractivity contribution in [3.8, 4) is 0 Å². The number of hydrogen-bond acceptors (Lipinski definition) is 1. The number of rotatable bonds is 7. The second-order valence-electron chi connectivity index (χ2n) is 5.41. The summed E-state index contributed by atoms with van der Waals surface area (Å²) >= 11 is 0. The Morgan fingerprint density at radius 1 is 1.06 bits per heavy atom. The van der Waals surface area contributed by atoms with Crippen LogP contribution in [0, 0.1) is 5.41 Å². The van der Waals surface area contributed by atoms with Gasteiger partial charge in [0.05, 0.1) is 0 Å². The summed E-state index contributed by atoms with van der Waals surface area (Å²) in [4.78, 5) is 0. The van der Waals surface area contributed by atoms with E-state index in [-0.39, 0.29) is 0 Å². The molecule has 1 N–H and O–H groups in total. The Kier molecular flexibility index (Phi) is 5.70. The Hall–Kier alpha value is -0.820. The van der Waals surface area contributed by atoms with Crippen LogP contribution in [0.15, 0.2) is 30.3 Å². The summed E-state index contributed by atoms with van der Waals surface area (Å²) in [5.74, 6) is 0. The maximum atomic E-state index is 3.61. The summed E-state index contributed by atoms with van der Waals surface area (Å²) in [6.07, 6.45) is 3.65. The van der Waals surface area contributed by atoms with E-state index in [2.05, 4.69) is 63.3 Å². The maximum Gasteiger partial charge on any atom is 0.00132 e. The van der Waals surface area contributed by atoms with Crippen LogP contribution < -0.4 is 5.32 Å². The van der Waals surface area contributed by atoms with E-state index < -0.39 is 0 Å². The first-order chi connectivity index (χ1) is 8.12. The summed E-state index contributed by atoms with van der Waals surface area (Å²) < 4.78 is 0. The number of benzene rings is 1. The first kappa shape index (κ1) is 14.2. The molecule has 0 spiro atoms. The minimum Gasteiger partial charge on any atom is -0.314 e. The number of hydrogen-bond donors (Lipinski definition) is 1. The molecule has 1 heteroatoms. The zero-order chi connectivity index (χ0) is 12.7.